The highest BCUT2D eigenvalue weighted by atomic mass is 32.2. The lowest BCUT2D eigenvalue weighted by Crippen LogP contribution is -2.12. The summed E-state index contributed by atoms with van der Waals surface area (Å²) in [6, 6.07) is 25.1. The van der Waals surface area contributed by atoms with Crippen LogP contribution in [-0.4, -0.2) is 50.1 Å². The van der Waals surface area contributed by atoms with E-state index in [1.165, 1.54) is 23.1 Å². The Morgan fingerprint density at radius 2 is 1.53 bits per heavy atom. The number of thioether (sulfide) groups is 1. The number of carbonyl (C=O) groups is 1. The minimum Gasteiger partial charge on any atom is -0.497 e. The van der Waals surface area contributed by atoms with Gasteiger partial charge in [-0.2, -0.15) is 5.26 Å². The first-order valence-corrected chi connectivity index (χ1v) is 15.7. The van der Waals surface area contributed by atoms with Gasteiger partial charge in [0, 0.05) is 34.2 Å². The lowest BCUT2D eigenvalue weighted by atomic mass is 9.98. The van der Waals surface area contributed by atoms with Gasteiger partial charge in [-0.3, -0.25) is 4.79 Å². The number of carbonyl (C=O) groups excluding carboxylic acids is 1. The molecule has 2 heterocycles. The average Bonchev–Trinajstić information content (AvgIpc) is 3.55. The third-order valence-corrected chi connectivity index (χ3v) is 8.58. The van der Waals surface area contributed by atoms with Gasteiger partial charge in [0.25, 0.3) is 0 Å². The van der Waals surface area contributed by atoms with Crippen molar-refractivity contribution in [2.45, 2.75) is 11.4 Å². The van der Waals surface area contributed by atoms with E-state index in [2.05, 4.69) is 16.4 Å². The van der Waals surface area contributed by atoms with Crippen molar-refractivity contribution in [1.82, 2.24) is 9.97 Å². The summed E-state index contributed by atoms with van der Waals surface area (Å²) in [4.78, 5) is 22.3. The molecule has 0 atom stereocenters. The van der Waals surface area contributed by atoms with Gasteiger partial charge in [-0.05, 0) is 48.0 Å². The molecule has 9 nitrogen and oxygen atoms in total. The number of nitriles is 1. The summed E-state index contributed by atoms with van der Waals surface area (Å²) < 4.78 is 21.9. The summed E-state index contributed by atoms with van der Waals surface area (Å²) in [5.74, 6) is 2.38. The topological polar surface area (TPSA) is 116 Å². The standard InChI is InChI=1S/C34H30N4O5S2/c1-40-24-12-10-22(11-13-24)28-20-45-34(37-28)38-31(39)14-15-44-33-26(19-35)25(18-27(36-33)21-8-6-5-7-9-21)23-16-29(41-2)32(43-4)30(17-23)42-3/h5-13,16-18,20H,14-15H2,1-4H3,(H,37,38,39). The van der Waals surface area contributed by atoms with Gasteiger partial charge in [0.1, 0.15) is 16.8 Å². The number of anilines is 1. The fourth-order valence-electron chi connectivity index (χ4n) is 4.60. The van der Waals surface area contributed by atoms with Crippen LogP contribution in [0.15, 0.2) is 83.2 Å². The van der Waals surface area contributed by atoms with E-state index in [9.17, 15) is 10.1 Å². The van der Waals surface area contributed by atoms with Crippen molar-refractivity contribution >= 4 is 34.1 Å². The molecule has 0 saturated heterocycles. The molecular weight excluding hydrogens is 609 g/mol. The second kappa shape index (κ2) is 14.6. The summed E-state index contributed by atoms with van der Waals surface area (Å²) in [5, 5.41) is 16.1. The van der Waals surface area contributed by atoms with Crippen LogP contribution in [0.1, 0.15) is 12.0 Å². The molecule has 0 unspecified atom stereocenters. The van der Waals surface area contributed by atoms with Gasteiger partial charge in [-0.1, -0.05) is 30.3 Å². The van der Waals surface area contributed by atoms with Crippen LogP contribution in [0.25, 0.3) is 33.6 Å². The molecule has 1 amide bonds. The highest BCUT2D eigenvalue weighted by molar-refractivity contribution is 7.99. The Hall–Kier alpha value is -5.05. The van der Waals surface area contributed by atoms with E-state index in [0.29, 0.717) is 55.5 Å². The molecule has 0 aliphatic heterocycles. The van der Waals surface area contributed by atoms with Crippen LogP contribution < -0.4 is 24.3 Å². The van der Waals surface area contributed by atoms with Crippen molar-refractivity contribution in [3.63, 3.8) is 0 Å². The first-order valence-electron chi connectivity index (χ1n) is 13.8. The van der Waals surface area contributed by atoms with Gasteiger partial charge >= 0.3 is 0 Å². The summed E-state index contributed by atoms with van der Waals surface area (Å²) in [6.45, 7) is 0. The van der Waals surface area contributed by atoms with E-state index < -0.39 is 0 Å². The van der Waals surface area contributed by atoms with Gasteiger partial charge in [-0.25, -0.2) is 9.97 Å². The number of ether oxygens (including phenoxy) is 4. The van der Waals surface area contributed by atoms with Crippen molar-refractivity contribution in [3.8, 4) is 62.7 Å². The van der Waals surface area contributed by atoms with E-state index in [4.69, 9.17) is 23.9 Å². The predicted octanol–water partition coefficient (Wildman–Crippen LogP) is 7.57. The van der Waals surface area contributed by atoms with E-state index in [0.717, 1.165) is 22.6 Å². The van der Waals surface area contributed by atoms with E-state index >= 15 is 0 Å². The molecule has 0 radical (unpaired) electrons. The van der Waals surface area contributed by atoms with Crippen molar-refractivity contribution < 1.29 is 23.7 Å². The number of aromatic nitrogens is 2. The Morgan fingerprint density at radius 1 is 0.844 bits per heavy atom. The predicted molar refractivity (Wildman–Crippen MR) is 178 cm³/mol. The highest BCUT2D eigenvalue weighted by Crippen LogP contribution is 2.43. The summed E-state index contributed by atoms with van der Waals surface area (Å²) in [7, 11) is 6.26. The molecule has 3 aromatic carbocycles. The quantitative estimate of drug-likeness (QED) is 0.138. The summed E-state index contributed by atoms with van der Waals surface area (Å²) >= 11 is 2.71. The maximum atomic E-state index is 12.9. The molecule has 0 bridgehead atoms. The number of thiazole rings is 1. The molecule has 2 aromatic heterocycles. The van der Waals surface area contributed by atoms with Crippen molar-refractivity contribution in [2.75, 3.05) is 39.5 Å². The van der Waals surface area contributed by atoms with Crippen LogP contribution in [0, 0.1) is 11.3 Å². The second-order valence-electron chi connectivity index (χ2n) is 9.54. The Morgan fingerprint density at radius 3 is 2.16 bits per heavy atom. The summed E-state index contributed by atoms with van der Waals surface area (Å²) in [5.41, 5.74) is 5.04. The number of nitrogens with one attached hydrogen (secondary N) is 1. The first-order chi connectivity index (χ1) is 22.0. The highest BCUT2D eigenvalue weighted by Gasteiger charge is 2.20. The monoisotopic (exact) mass is 638 g/mol. The molecule has 0 aliphatic carbocycles. The molecule has 0 saturated carbocycles. The van der Waals surface area contributed by atoms with Crippen LogP contribution in [0.2, 0.25) is 0 Å². The molecular formula is C34H30N4O5S2. The molecule has 228 valence electrons. The second-order valence-corrected chi connectivity index (χ2v) is 11.5. The minimum atomic E-state index is -0.180. The van der Waals surface area contributed by atoms with Crippen LogP contribution in [0.3, 0.4) is 0 Å². The number of rotatable bonds is 12. The zero-order chi connectivity index (χ0) is 31.8. The third kappa shape index (κ3) is 7.20. The largest absolute Gasteiger partial charge is 0.497 e. The number of pyridine rings is 1. The van der Waals surface area contributed by atoms with Gasteiger partial charge in [-0.15, -0.1) is 23.1 Å². The van der Waals surface area contributed by atoms with Crippen molar-refractivity contribution in [1.29, 1.82) is 5.26 Å². The van der Waals surface area contributed by atoms with E-state index in [1.54, 1.807) is 28.4 Å². The number of benzene rings is 3. The molecule has 0 fully saturated rings. The zero-order valence-electron chi connectivity index (χ0n) is 25.1. The fraction of sp³-hybridized carbons (Fsp3) is 0.176. The van der Waals surface area contributed by atoms with Gasteiger partial charge in [0.05, 0.1) is 45.4 Å². The van der Waals surface area contributed by atoms with E-state index in [-0.39, 0.29) is 12.3 Å². The molecule has 0 aliphatic rings. The normalized spacial score (nSPS) is 10.6. The maximum absolute atomic E-state index is 12.9. The lowest BCUT2D eigenvalue weighted by molar-refractivity contribution is -0.115. The van der Waals surface area contributed by atoms with Gasteiger partial charge in [0.2, 0.25) is 11.7 Å². The zero-order valence-corrected chi connectivity index (χ0v) is 26.8. The Balaban J connectivity index is 1.38. The third-order valence-electron chi connectivity index (χ3n) is 6.85. The molecule has 5 rings (SSSR count). The molecule has 45 heavy (non-hydrogen) atoms. The van der Waals surface area contributed by atoms with Gasteiger partial charge < -0.3 is 24.3 Å². The van der Waals surface area contributed by atoms with Crippen molar-refractivity contribution in [3.05, 3.63) is 83.7 Å². The van der Waals surface area contributed by atoms with Crippen LogP contribution in [-0.2, 0) is 4.79 Å². The molecule has 1 N–H and O–H groups in total. The molecule has 5 aromatic rings. The number of nitrogens with zero attached hydrogens (tertiary/aromatic N) is 3. The van der Waals surface area contributed by atoms with Gasteiger partial charge in [0.15, 0.2) is 16.6 Å². The SMILES string of the molecule is COc1ccc(-c2csc(NC(=O)CCSc3nc(-c4ccccc4)cc(-c4cc(OC)c(OC)c(OC)c4)c3C#N)n2)cc1. The Labute approximate surface area is 269 Å². The first kappa shape index (κ1) is 31.4. The van der Waals surface area contributed by atoms with Crippen LogP contribution in [0.5, 0.6) is 23.0 Å². The number of amides is 1. The van der Waals surface area contributed by atoms with Crippen LogP contribution in [0.4, 0.5) is 5.13 Å². The maximum Gasteiger partial charge on any atom is 0.226 e. The molecule has 11 heteroatoms. The Bertz CT molecular complexity index is 1810. The lowest BCUT2D eigenvalue weighted by Gasteiger charge is -2.16. The minimum absolute atomic E-state index is 0.180. The Kier molecular flexibility index (Phi) is 10.2. The smallest absolute Gasteiger partial charge is 0.226 e. The molecule has 0 spiro atoms. The number of methoxy groups -OCH3 is 4. The summed E-state index contributed by atoms with van der Waals surface area (Å²) in [6.07, 6.45) is 0.198. The number of hydrogen-bond acceptors (Lipinski definition) is 10. The number of hydrogen-bond donors (Lipinski definition) is 1. The fourth-order valence-corrected chi connectivity index (χ4v) is 6.28. The van der Waals surface area contributed by atoms with Crippen molar-refractivity contribution in [2.24, 2.45) is 0 Å². The average molecular weight is 639 g/mol. The van der Waals surface area contributed by atoms with Crippen LogP contribution >= 0.6 is 23.1 Å². The van der Waals surface area contributed by atoms with E-state index in [1.807, 2.05) is 78.2 Å².